The Labute approximate surface area is 123 Å². The van der Waals surface area contributed by atoms with Gasteiger partial charge >= 0.3 is 0 Å². The quantitative estimate of drug-likeness (QED) is 0.427. The molecule has 5 heteroatoms. The first kappa shape index (κ1) is 36.3. The minimum atomic E-state index is 0. The maximum atomic E-state index is 0. The zero-order valence-corrected chi connectivity index (χ0v) is 10.7. The monoisotopic (exact) mass is 466 g/mol. The van der Waals surface area contributed by atoms with E-state index >= 15 is 0 Å². The maximum absolute atomic E-state index is 0. The fourth-order valence-corrected chi connectivity index (χ4v) is 0. The summed E-state index contributed by atoms with van der Waals surface area (Å²) < 4.78 is 0. The first-order valence-corrected chi connectivity index (χ1v) is 0. The molecule has 0 unspecified atom stereocenters. The van der Waals surface area contributed by atoms with E-state index < -0.39 is 0 Å². The summed E-state index contributed by atoms with van der Waals surface area (Å²) in [5.74, 6) is 0. The second-order valence-electron chi connectivity index (χ2n) is 0. The van der Waals surface area contributed by atoms with Crippen LogP contribution in [0.2, 0.25) is 0 Å². The van der Waals surface area contributed by atoms with Gasteiger partial charge in [0.15, 0.2) is 0 Å². The van der Waals surface area contributed by atoms with Crippen LogP contribution < -0.4 is 0 Å². The largest absolute Gasteiger partial charge is 0 e. The van der Waals surface area contributed by atoms with Gasteiger partial charge in [0.2, 0.25) is 0 Å². The van der Waals surface area contributed by atoms with E-state index in [1.807, 2.05) is 0 Å². The predicted octanol–water partition coefficient (Wildman–Crippen LogP) is -0.386. The van der Waals surface area contributed by atoms with Gasteiger partial charge in [-0.1, -0.05) is 0 Å². The minimum absolute atomic E-state index is 0. The molecule has 0 aliphatic heterocycles. The molecule has 0 amide bonds. The zero-order valence-electron chi connectivity index (χ0n) is 2.19. The molecule has 0 aromatic heterocycles. The topological polar surface area (TPSA) is 0 Å². The SMILES string of the molecule is [B].[Dy].[Fe].[Nb].[Nd]. The van der Waals surface area contributed by atoms with Crippen LogP contribution in [0.15, 0.2) is 0 Å². The average Bonchev–Trinajstić information content (AvgIpc) is 0. The molecule has 0 fully saturated rings. The van der Waals surface area contributed by atoms with Crippen molar-refractivity contribution in [2.24, 2.45) is 0 Å². The van der Waals surface area contributed by atoms with Crippen molar-refractivity contribution in [3.63, 3.8) is 0 Å². The van der Waals surface area contributed by atoms with E-state index in [9.17, 15) is 0 Å². The van der Waals surface area contributed by atoms with Gasteiger partial charge in [-0.3, -0.25) is 0 Å². The molecule has 0 bridgehead atoms. The van der Waals surface area contributed by atoms with Crippen molar-refractivity contribution in [3.05, 3.63) is 0 Å². The Hall–Kier alpha value is 3.95. The van der Waals surface area contributed by atoms with Crippen LogP contribution in [0.1, 0.15) is 0 Å². The molecule has 0 heterocycles. The minimum Gasteiger partial charge on any atom is 0 e. The van der Waals surface area contributed by atoms with Crippen molar-refractivity contribution in [1.82, 2.24) is 0 Å². The van der Waals surface area contributed by atoms with Crippen LogP contribution in [0.5, 0.6) is 0 Å². The van der Waals surface area contributed by atoms with E-state index in [1.165, 1.54) is 0 Å². The summed E-state index contributed by atoms with van der Waals surface area (Å²) >= 11 is 0. The Bertz CT molecular complexity index is 11.6. The second-order valence-corrected chi connectivity index (χ2v) is 0. The third kappa shape index (κ3) is 18.0. The van der Waals surface area contributed by atoms with E-state index in [0.29, 0.717) is 0 Å². The van der Waals surface area contributed by atoms with Crippen molar-refractivity contribution >= 4 is 8.41 Å². The van der Waals surface area contributed by atoms with E-state index in [-0.39, 0.29) is 127 Å². The van der Waals surface area contributed by atoms with Crippen LogP contribution in [0.4, 0.5) is 0 Å². The smallest absolute Gasteiger partial charge is 0 e. The number of hydrogen-bond donors (Lipinski definition) is 0. The Morgan fingerprint density at radius 1 is 1.00 bits per heavy atom. The molecule has 5 heavy (non-hydrogen) atoms. The van der Waals surface area contributed by atoms with Crippen LogP contribution in [0.3, 0.4) is 0 Å². The fourth-order valence-electron chi connectivity index (χ4n) is 0. The predicted molar refractivity (Wildman–Crippen MR) is 5.75 cm³/mol. The third-order valence-electron chi connectivity index (χ3n) is 0. The zero-order chi connectivity index (χ0) is 0. The summed E-state index contributed by atoms with van der Waals surface area (Å²) in [5, 5.41) is 0. The van der Waals surface area contributed by atoms with Crippen LogP contribution >= 0.6 is 0 Å². The fraction of sp³-hybridized carbons (Fsp3) is 0. The summed E-state index contributed by atoms with van der Waals surface area (Å²) in [6, 6.07) is 0. The van der Waals surface area contributed by atoms with Crippen LogP contribution in [-0.2, 0) is 39.4 Å². The molecule has 30 valence electrons. The average molecular weight is 466 g/mol. The molecule has 0 rings (SSSR count). The van der Waals surface area contributed by atoms with Crippen molar-refractivity contribution in [1.29, 1.82) is 0 Å². The van der Waals surface area contributed by atoms with Gasteiger partial charge in [-0.2, -0.15) is 0 Å². The maximum Gasteiger partial charge on any atom is 0 e. The van der Waals surface area contributed by atoms with E-state index in [0.717, 1.165) is 0 Å². The van der Waals surface area contributed by atoms with E-state index in [4.69, 9.17) is 0 Å². The molecule has 0 nitrogen and oxygen atoms in total. The molecular weight excluding hydrogens is 466 g/mol. The first-order valence-electron chi connectivity index (χ1n) is 0. The molecular formula is BDyFeNbNd. The molecule has 0 N–H and O–H groups in total. The third-order valence-corrected chi connectivity index (χ3v) is 0. The Morgan fingerprint density at radius 2 is 1.00 bits per heavy atom. The molecule has 0 aromatic carbocycles. The van der Waals surface area contributed by atoms with Gasteiger partial charge in [0, 0.05) is 127 Å². The molecule has 0 spiro atoms. The van der Waals surface area contributed by atoms with Crippen molar-refractivity contribution in [2.45, 2.75) is 0 Å². The normalized spacial score (nSPS) is 0. The van der Waals surface area contributed by atoms with Crippen LogP contribution in [0.25, 0.3) is 0 Å². The summed E-state index contributed by atoms with van der Waals surface area (Å²) in [5.41, 5.74) is 0. The summed E-state index contributed by atoms with van der Waals surface area (Å²) in [6.45, 7) is 0. The number of hydrogen-bond acceptors (Lipinski definition) is 0. The molecule has 0 saturated heterocycles. The summed E-state index contributed by atoms with van der Waals surface area (Å²) in [4.78, 5) is 0. The van der Waals surface area contributed by atoms with E-state index in [1.54, 1.807) is 0 Å². The van der Waals surface area contributed by atoms with Crippen molar-refractivity contribution in [2.75, 3.05) is 0 Å². The van der Waals surface area contributed by atoms with Gasteiger partial charge in [0.25, 0.3) is 0 Å². The molecule has 4 radical (unpaired) electrons. The second kappa shape index (κ2) is 24.6. The van der Waals surface area contributed by atoms with Gasteiger partial charge in [-0.25, -0.2) is 0 Å². The van der Waals surface area contributed by atoms with Crippen LogP contribution in [-0.4, -0.2) is 8.41 Å². The molecule has 0 aliphatic rings. The molecule has 0 aromatic rings. The van der Waals surface area contributed by atoms with Gasteiger partial charge in [-0.05, 0) is 0 Å². The van der Waals surface area contributed by atoms with Gasteiger partial charge < -0.3 is 0 Å². The molecule has 0 atom stereocenters. The standard InChI is InChI=1S/B.Dy.Fe.Nb.Nd. The van der Waals surface area contributed by atoms with Gasteiger partial charge in [-0.15, -0.1) is 0 Å². The van der Waals surface area contributed by atoms with E-state index in [2.05, 4.69) is 0 Å². The number of rotatable bonds is 0. The Morgan fingerprint density at radius 3 is 1.00 bits per heavy atom. The molecule has 0 saturated carbocycles. The summed E-state index contributed by atoms with van der Waals surface area (Å²) in [7, 11) is 0. The summed E-state index contributed by atoms with van der Waals surface area (Å²) in [6.07, 6.45) is 0. The van der Waals surface area contributed by atoms with Gasteiger partial charge in [0.05, 0.1) is 0 Å². The molecule has 0 aliphatic carbocycles. The van der Waals surface area contributed by atoms with Crippen LogP contribution in [0, 0.1) is 79.0 Å². The Kier molecular flexibility index (Phi) is 179. The van der Waals surface area contributed by atoms with Gasteiger partial charge in [0.1, 0.15) is 0 Å². The Balaban J connectivity index is 0. The van der Waals surface area contributed by atoms with Crippen molar-refractivity contribution < 1.29 is 118 Å². The first-order chi connectivity index (χ1) is 0. The van der Waals surface area contributed by atoms with Crippen molar-refractivity contribution in [3.8, 4) is 0 Å².